The Kier molecular flexibility index (Phi) is 4.06. The minimum Gasteiger partial charge on any atom is -0.465 e. The van der Waals surface area contributed by atoms with E-state index in [1.54, 1.807) is 13.0 Å². The van der Waals surface area contributed by atoms with Gasteiger partial charge in [0.05, 0.1) is 17.5 Å². The normalized spacial score (nSPS) is 11.9. The van der Waals surface area contributed by atoms with E-state index < -0.39 is 5.97 Å². The Morgan fingerprint density at radius 1 is 1.44 bits per heavy atom. The van der Waals surface area contributed by atoms with Crippen LogP contribution in [0, 0.1) is 0 Å². The summed E-state index contributed by atoms with van der Waals surface area (Å²) in [6.07, 6.45) is 0. The quantitative estimate of drug-likeness (QED) is 0.399. The average Bonchev–Trinajstić information content (AvgIpc) is 2.27. The van der Waals surface area contributed by atoms with E-state index in [-0.39, 0.29) is 16.2 Å². The van der Waals surface area contributed by atoms with Crippen LogP contribution in [-0.4, -0.2) is 23.7 Å². The molecule has 0 aliphatic rings. The number of esters is 1. The zero-order valence-electron chi connectivity index (χ0n) is 8.99. The highest BCUT2D eigenvalue weighted by Crippen LogP contribution is 2.18. The first-order valence-corrected chi connectivity index (χ1v) is 5.55. The third-order valence-electron chi connectivity index (χ3n) is 2.10. The fraction of sp³-hybridized carbons (Fsp3) is 0.273. The first kappa shape index (κ1) is 12.7. The number of rotatable bonds is 3. The number of hydrogen-bond acceptors (Lipinski definition) is 4. The second-order valence-electron chi connectivity index (χ2n) is 3.27. The number of nitrogens with two attached hydrogens (primary N) is 1. The molecule has 0 aromatic heterocycles. The van der Waals surface area contributed by atoms with Crippen LogP contribution < -0.4 is 5.73 Å². The molecule has 86 valence electrons. The van der Waals surface area contributed by atoms with E-state index in [1.165, 1.54) is 19.2 Å². The summed E-state index contributed by atoms with van der Waals surface area (Å²) in [6.45, 7) is 1.72. The van der Waals surface area contributed by atoms with Gasteiger partial charge in [-0.2, -0.15) is 0 Å². The predicted molar refractivity (Wildman–Crippen MR) is 64.9 cm³/mol. The van der Waals surface area contributed by atoms with Crippen molar-refractivity contribution in [3.05, 3.63) is 29.3 Å². The summed E-state index contributed by atoms with van der Waals surface area (Å²) in [5.41, 5.74) is 6.55. The number of Topliss-reactive ketones (excluding diaryl/α,β-unsaturated/α-hetero) is 1. The summed E-state index contributed by atoms with van der Waals surface area (Å²) in [7, 11) is 1.27. The summed E-state index contributed by atoms with van der Waals surface area (Å²) < 4.78 is 4.57. The molecule has 16 heavy (non-hydrogen) atoms. The van der Waals surface area contributed by atoms with E-state index in [0.29, 0.717) is 11.3 Å². The lowest BCUT2D eigenvalue weighted by molar-refractivity contribution is 0.0602. The van der Waals surface area contributed by atoms with Gasteiger partial charge in [-0.05, 0) is 25.1 Å². The molecule has 0 fully saturated rings. The maximum absolute atomic E-state index is 11.7. The van der Waals surface area contributed by atoms with Gasteiger partial charge in [-0.25, -0.2) is 4.79 Å². The summed E-state index contributed by atoms with van der Waals surface area (Å²) in [6, 6.07) is 4.55. The molecule has 0 aliphatic heterocycles. The van der Waals surface area contributed by atoms with Gasteiger partial charge in [-0.15, -0.1) is 0 Å². The molecule has 1 aromatic rings. The number of ether oxygens (including phenoxy) is 1. The standard InChI is InChI=1S/C11H12BrNO3/c1-6(12)10(14)7-3-4-9(13)8(5-7)11(15)16-2/h3-6H,13H2,1-2H3. The van der Waals surface area contributed by atoms with Gasteiger partial charge in [0.25, 0.3) is 0 Å². The van der Waals surface area contributed by atoms with Crippen molar-refractivity contribution in [3.8, 4) is 0 Å². The van der Waals surface area contributed by atoms with Crippen LogP contribution in [0.2, 0.25) is 0 Å². The molecule has 1 atom stereocenters. The maximum atomic E-state index is 11.7. The van der Waals surface area contributed by atoms with Crippen LogP contribution in [0.5, 0.6) is 0 Å². The third-order valence-corrected chi connectivity index (χ3v) is 2.52. The minimum atomic E-state index is -0.547. The Morgan fingerprint density at radius 3 is 2.56 bits per heavy atom. The van der Waals surface area contributed by atoms with Crippen LogP contribution >= 0.6 is 15.9 Å². The van der Waals surface area contributed by atoms with E-state index in [1.807, 2.05) is 0 Å². The molecule has 0 radical (unpaired) electrons. The molecule has 5 heteroatoms. The van der Waals surface area contributed by atoms with Crippen molar-refractivity contribution in [1.82, 2.24) is 0 Å². The Balaban J connectivity index is 3.17. The van der Waals surface area contributed by atoms with Gasteiger partial charge >= 0.3 is 5.97 Å². The number of benzene rings is 1. The monoisotopic (exact) mass is 285 g/mol. The van der Waals surface area contributed by atoms with Gasteiger partial charge in [-0.3, -0.25) is 4.79 Å². The number of alkyl halides is 1. The maximum Gasteiger partial charge on any atom is 0.339 e. The fourth-order valence-electron chi connectivity index (χ4n) is 1.23. The predicted octanol–water partition coefficient (Wildman–Crippen LogP) is 2.02. The summed E-state index contributed by atoms with van der Waals surface area (Å²) in [5.74, 6) is -0.653. The number of anilines is 1. The van der Waals surface area contributed by atoms with Crippen molar-refractivity contribution < 1.29 is 14.3 Å². The van der Waals surface area contributed by atoms with Crippen molar-refractivity contribution in [3.63, 3.8) is 0 Å². The molecular formula is C11H12BrNO3. The smallest absolute Gasteiger partial charge is 0.339 e. The van der Waals surface area contributed by atoms with Crippen molar-refractivity contribution in [1.29, 1.82) is 0 Å². The summed E-state index contributed by atoms with van der Waals surface area (Å²) in [4.78, 5) is 22.7. The number of carbonyl (C=O) groups is 2. The zero-order valence-corrected chi connectivity index (χ0v) is 10.6. The summed E-state index contributed by atoms with van der Waals surface area (Å²) in [5, 5.41) is 0. The van der Waals surface area contributed by atoms with Crippen LogP contribution in [-0.2, 0) is 4.74 Å². The topological polar surface area (TPSA) is 69.4 Å². The molecule has 4 nitrogen and oxygen atoms in total. The fourth-order valence-corrected chi connectivity index (χ4v) is 1.49. The molecule has 0 saturated carbocycles. The molecular weight excluding hydrogens is 274 g/mol. The van der Waals surface area contributed by atoms with Crippen molar-refractivity contribution >= 4 is 33.4 Å². The average molecular weight is 286 g/mol. The number of nitrogen functional groups attached to an aromatic ring is 1. The second kappa shape index (κ2) is 5.12. The highest BCUT2D eigenvalue weighted by molar-refractivity contribution is 9.10. The van der Waals surface area contributed by atoms with E-state index in [9.17, 15) is 9.59 Å². The molecule has 1 unspecified atom stereocenters. The van der Waals surface area contributed by atoms with Crippen molar-refractivity contribution in [2.75, 3.05) is 12.8 Å². The van der Waals surface area contributed by atoms with E-state index in [4.69, 9.17) is 5.73 Å². The van der Waals surface area contributed by atoms with Crippen LogP contribution in [0.15, 0.2) is 18.2 Å². The largest absolute Gasteiger partial charge is 0.465 e. The van der Waals surface area contributed by atoms with Gasteiger partial charge in [0.2, 0.25) is 0 Å². The van der Waals surface area contributed by atoms with E-state index in [2.05, 4.69) is 20.7 Å². The Bertz CT molecular complexity index is 429. The van der Waals surface area contributed by atoms with Gasteiger partial charge in [-0.1, -0.05) is 15.9 Å². The minimum absolute atomic E-state index is 0.106. The number of halogens is 1. The highest BCUT2D eigenvalue weighted by Gasteiger charge is 2.16. The first-order valence-electron chi connectivity index (χ1n) is 4.63. The molecule has 0 spiro atoms. The molecule has 0 amide bonds. The second-order valence-corrected chi connectivity index (χ2v) is 4.65. The molecule has 0 bridgehead atoms. The van der Waals surface area contributed by atoms with Gasteiger partial charge < -0.3 is 10.5 Å². The van der Waals surface area contributed by atoms with Crippen LogP contribution in [0.4, 0.5) is 5.69 Å². The summed E-state index contributed by atoms with van der Waals surface area (Å²) >= 11 is 3.18. The Morgan fingerprint density at radius 2 is 2.06 bits per heavy atom. The molecule has 2 N–H and O–H groups in total. The zero-order chi connectivity index (χ0) is 12.3. The molecule has 1 rings (SSSR count). The van der Waals surface area contributed by atoms with Gasteiger partial charge in [0.1, 0.15) is 0 Å². The van der Waals surface area contributed by atoms with Gasteiger partial charge in [0, 0.05) is 11.3 Å². The number of methoxy groups -OCH3 is 1. The first-order chi connectivity index (χ1) is 7.47. The lowest BCUT2D eigenvalue weighted by atomic mass is 10.0. The van der Waals surface area contributed by atoms with E-state index >= 15 is 0 Å². The highest BCUT2D eigenvalue weighted by atomic mass is 79.9. The molecule has 0 saturated heterocycles. The Hall–Kier alpha value is -1.36. The number of hydrogen-bond donors (Lipinski definition) is 1. The van der Waals surface area contributed by atoms with E-state index in [0.717, 1.165) is 0 Å². The number of carbonyl (C=O) groups excluding carboxylic acids is 2. The number of ketones is 1. The van der Waals surface area contributed by atoms with Gasteiger partial charge in [0.15, 0.2) is 5.78 Å². The molecule has 1 aromatic carbocycles. The molecule has 0 aliphatic carbocycles. The SMILES string of the molecule is COC(=O)c1cc(C(=O)C(C)Br)ccc1N. The third kappa shape index (κ3) is 2.61. The Labute approximate surface area is 102 Å². The lowest BCUT2D eigenvalue weighted by Crippen LogP contribution is -2.13. The van der Waals surface area contributed by atoms with Crippen molar-refractivity contribution in [2.45, 2.75) is 11.8 Å². The van der Waals surface area contributed by atoms with Crippen molar-refractivity contribution in [2.24, 2.45) is 0 Å². The van der Waals surface area contributed by atoms with Crippen LogP contribution in [0.25, 0.3) is 0 Å². The molecule has 0 heterocycles. The lowest BCUT2D eigenvalue weighted by Gasteiger charge is -2.07. The van der Waals surface area contributed by atoms with Crippen LogP contribution in [0.1, 0.15) is 27.6 Å². The van der Waals surface area contributed by atoms with Crippen LogP contribution in [0.3, 0.4) is 0 Å².